The van der Waals surface area contributed by atoms with Gasteiger partial charge in [0.15, 0.2) is 5.16 Å². The third-order valence-electron chi connectivity index (χ3n) is 4.61. The lowest BCUT2D eigenvalue weighted by Crippen LogP contribution is -2.14. The monoisotopic (exact) mass is 400 g/mol. The highest BCUT2D eigenvalue weighted by Crippen LogP contribution is 2.34. The van der Waals surface area contributed by atoms with Gasteiger partial charge in [0.1, 0.15) is 10.8 Å². The zero-order valence-corrected chi connectivity index (χ0v) is 16.6. The van der Waals surface area contributed by atoms with Crippen LogP contribution in [0, 0.1) is 0 Å². The summed E-state index contributed by atoms with van der Waals surface area (Å²) in [6.07, 6.45) is 4.88. The first-order valence-corrected chi connectivity index (χ1v) is 10.7. The lowest BCUT2D eigenvalue weighted by molar-refractivity contribution is -0.113. The average molecular weight is 401 g/mol. The number of thioether (sulfide) groups is 1. The van der Waals surface area contributed by atoms with E-state index in [9.17, 15) is 4.79 Å². The number of carbonyl (C=O) groups excluding carboxylic acids is 1. The van der Waals surface area contributed by atoms with E-state index in [1.807, 2.05) is 41.9 Å². The highest BCUT2D eigenvalue weighted by Gasteiger charge is 2.23. The summed E-state index contributed by atoms with van der Waals surface area (Å²) in [6.45, 7) is 0. The standard InChI is InChI=1S/C18H20N6OS2/c1-24-15(12-7-5-6-8-12)20-23-18(24)26-11-14(25)19-17-22-21-16(27-17)13-9-3-2-4-10-13/h2-4,9-10,12H,5-8,11H2,1H3,(H,19,22,25). The Hall–Kier alpha value is -2.26. The van der Waals surface area contributed by atoms with E-state index in [4.69, 9.17) is 0 Å². The number of anilines is 1. The Kier molecular flexibility index (Phi) is 5.49. The van der Waals surface area contributed by atoms with Gasteiger partial charge in [-0.15, -0.1) is 20.4 Å². The van der Waals surface area contributed by atoms with Crippen LogP contribution in [0.2, 0.25) is 0 Å². The summed E-state index contributed by atoms with van der Waals surface area (Å²) in [5.74, 6) is 1.67. The number of amides is 1. The summed E-state index contributed by atoms with van der Waals surface area (Å²) in [5, 5.41) is 21.7. The van der Waals surface area contributed by atoms with Gasteiger partial charge in [0.2, 0.25) is 11.0 Å². The molecule has 0 unspecified atom stereocenters. The molecular weight excluding hydrogens is 380 g/mol. The van der Waals surface area contributed by atoms with Gasteiger partial charge >= 0.3 is 0 Å². The van der Waals surface area contributed by atoms with Crippen LogP contribution in [0.4, 0.5) is 5.13 Å². The molecule has 0 radical (unpaired) electrons. The molecular formula is C18H20N6OS2. The van der Waals surface area contributed by atoms with Crippen molar-refractivity contribution >= 4 is 34.1 Å². The molecule has 9 heteroatoms. The molecule has 2 aromatic heterocycles. The maximum absolute atomic E-state index is 12.3. The van der Waals surface area contributed by atoms with Gasteiger partial charge in [0.25, 0.3) is 0 Å². The van der Waals surface area contributed by atoms with Gasteiger partial charge in [-0.25, -0.2) is 0 Å². The van der Waals surface area contributed by atoms with Crippen LogP contribution >= 0.6 is 23.1 Å². The zero-order chi connectivity index (χ0) is 18.6. The van der Waals surface area contributed by atoms with Gasteiger partial charge in [0, 0.05) is 18.5 Å². The molecule has 0 bridgehead atoms. The number of benzene rings is 1. The summed E-state index contributed by atoms with van der Waals surface area (Å²) in [5.41, 5.74) is 0.989. The minimum atomic E-state index is -0.124. The van der Waals surface area contributed by atoms with Gasteiger partial charge in [-0.1, -0.05) is 66.3 Å². The van der Waals surface area contributed by atoms with Gasteiger partial charge in [-0.2, -0.15) is 0 Å². The molecule has 27 heavy (non-hydrogen) atoms. The fourth-order valence-electron chi connectivity index (χ4n) is 3.25. The normalized spacial score (nSPS) is 14.6. The third-order valence-corrected chi connectivity index (χ3v) is 6.52. The van der Waals surface area contributed by atoms with Gasteiger partial charge in [-0.05, 0) is 12.8 Å². The molecule has 1 fully saturated rings. The molecule has 0 aliphatic heterocycles. The summed E-state index contributed by atoms with van der Waals surface area (Å²) < 4.78 is 2.02. The molecule has 2 heterocycles. The number of aromatic nitrogens is 5. The van der Waals surface area contributed by atoms with Crippen molar-refractivity contribution in [3.05, 3.63) is 36.2 Å². The first-order valence-electron chi connectivity index (χ1n) is 8.91. The molecule has 1 N–H and O–H groups in total. The molecule has 3 aromatic rings. The van der Waals surface area contributed by atoms with Crippen LogP contribution in [0.5, 0.6) is 0 Å². The second-order valence-electron chi connectivity index (χ2n) is 6.50. The Balaban J connectivity index is 1.33. The Labute approximate surface area is 165 Å². The number of nitrogens with zero attached hydrogens (tertiary/aromatic N) is 5. The minimum Gasteiger partial charge on any atom is -0.309 e. The predicted octanol–water partition coefficient (Wildman–Crippen LogP) is 3.72. The molecule has 1 aliphatic carbocycles. The fourth-order valence-corrected chi connectivity index (χ4v) is 4.73. The second-order valence-corrected chi connectivity index (χ2v) is 8.42. The maximum atomic E-state index is 12.3. The number of carbonyl (C=O) groups is 1. The Morgan fingerprint density at radius 1 is 1.19 bits per heavy atom. The number of rotatable bonds is 6. The van der Waals surface area contributed by atoms with E-state index < -0.39 is 0 Å². The van der Waals surface area contributed by atoms with Gasteiger partial charge in [-0.3, -0.25) is 10.1 Å². The number of hydrogen-bond acceptors (Lipinski definition) is 7. The van der Waals surface area contributed by atoms with E-state index in [0.717, 1.165) is 21.6 Å². The Bertz CT molecular complexity index is 917. The first kappa shape index (κ1) is 18.1. The molecule has 7 nitrogen and oxygen atoms in total. The van der Waals surface area contributed by atoms with Crippen molar-refractivity contribution in [2.45, 2.75) is 36.8 Å². The molecule has 0 saturated heterocycles. The Morgan fingerprint density at radius 2 is 1.96 bits per heavy atom. The topological polar surface area (TPSA) is 85.6 Å². The summed E-state index contributed by atoms with van der Waals surface area (Å²) in [4.78, 5) is 12.3. The average Bonchev–Trinajstić information content (AvgIpc) is 3.42. The van der Waals surface area contributed by atoms with Crippen molar-refractivity contribution in [1.82, 2.24) is 25.0 Å². The molecule has 0 atom stereocenters. The van der Waals surface area contributed by atoms with Crippen molar-refractivity contribution in [3.8, 4) is 10.6 Å². The Morgan fingerprint density at radius 3 is 2.74 bits per heavy atom. The van der Waals surface area contributed by atoms with Crippen LogP contribution in [-0.2, 0) is 11.8 Å². The molecule has 4 rings (SSSR count). The van der Waals surface area contributed by atoms with Crippen molar-refractivity contribution in [3.63, 3.8) is 0 Å². The van der Waals surface area contributed by atoms with Gasteiger partial charge in [0.05, 0.1) is 5.75 Å². The van der Waals surface area contributed by atoms with E-state index in [0.29, 0.717) is 11.0 Å². The van der Waals surface area contributed by atoms with Crippen LogP contribution < -0.4 is 5.32 Å². The maximum Gasteiger partial charge on any atom is 0.236 e. The smallest absolute Gasteiger partial charge is 0.236 e. The van der Waals surface area contributed by atoms with Gasteiger partial charge < -0.3 is 4.57 Å². The van der Waals surface area contributed by atoms with E-state index >= 15 is 0 Å². The minimum absolute atomic E-state index is 0.124. The van der Waals surface area contributed by atoms with Crippen molar-refractivity contribution < 1.29 is 4.79 Å². The van der Waals surface area contributed by atoms with Crippen LogP contribution in [0.15, 0.2) is 35.5 Å². The number of hydrogen-bond donors (Lipinski definition) is 1. The zero-order valence-electron chi connectivity index (χ0n) is 15.0. The van der Waals surface area contributed by atoms with Crippen LogP contribution in [-0.4, -0.2) is 36.6 Å². The molecule has 1 amide bonds. The van der Waals surface area contributed by atoms with Crippen molar-refractivity contribution in [2.24, 2.45) is 7.05 Å². The molecule has 1 aromatic carbocycles. The largest absolute Gasteiger partial charge is 0.309 e. The molecule has 0 spiro atoms. The summed E-state index contributed by atoms with van der Waals surface area (Å²) >= 11 is 2.75. The third kappa shape index (κ3) is 4.19. The van der Waals surface area contributed by atoms with E-state index in [1.165, 1.54) is 48.8 Å². The van der Waals surface area contributed by atoms with Crippen molar-refractivity contribution in [1.29, 1.82) is 0 Å². The van der Waals surface area contributed by atoms with E-state index in [2.05, 4.69) is 25.7 Å². The highest BCUT2D eigenvalue weighted by molar-refractivity contribution is 7.99. The quantitative estimate of drug-likeness (QED) is 0.635. The lowest BCUT2D eigenvalue weighted by Gasteiger charge is -2.08. The SMILES string of the molecule is Cn1c(SCC(=O)Nc2nnc(-c3ccccc3)s2)nnc1C1CCCC1. The highest BCUT2D eigenvalue weighted by atomic mass is 32.2. The molecule has 140 valence electrons. The molecule has 1 aliphatic rings. The fraction of sp³-hybridized carbons (Fsp3) is 0.389. The summed E-state index contributed by atoms with van der Waals surface area (Å²) in [7, 11) is 1.98. The molecule has 1 saturated carbocycles. The van der Waals surface area contributed by atoms with E-state index in [1.54, 1.807) is 0 Å². The van der Waals surface area contributed by atoms with Crippen LogP contribution in [0.3, 0.4) is 0 Å². The van der Waals surface area contributed by atoms with Crippen LogP contribution in [0.1, 0.15) is 37.4 Å². The van der Waals surface area contributed by atoms with Crippen molar-refractivity contribution in [2.75, 3.05) is 11.1 Å². The number of nitrogens with one attached hydrogen (secondary N) is 1. The lowest BCUT2D eigenvalue weighted by atomic mass is 10.1. The van der Waals surface area contributed by atoms with Crippen LogP contribution in [0.25, 0.3) is 10.6 Å². The second kappa shape index (κ2) is 8.18. The predicted molar refractivity (Wildman–Crippen MR) is 107 cm³/mol. The first-order chi connectivity index (χ1) is 13.2. The van der Waals surface area contributed by atoms with E-state index in [-0.39, 0.29) is 11.7 Å². The summed E-state index contributed by atoms with van der Waals surface area (Å²) in [6, 6.07) is 9.80.